The zero-order chi connectivity index (χ0) is 17.7. The lowest BCUT2D eigenvalue weighted by atomic mass is 10.0. The van der Waals surface area contributed by atoms with Gasteiger partial charge in [0.1, 0.15) is 0 Å². The smallest absolute Gasteiger partial charge is 0.256 e. The van der Waals surface area contributed by atoms with Gasteiger partial charge in [0.15, 0.2) is 9.84 Å². The third kappa shape index (κ3) is 4.23. The van der Waals surface area contributed by atoms with E-state index in [4.69, 9.17) is 0 Å². The normalized spacial score (nSPS) is 11.5. The zero-order valence-corrected chi connectivity index (χ0v) is 15.1. The van der Waals surface area contributed by atoms with Crippen LogP contribution in [-0.4, -0.2) is 20.1 Å². The SMILES string of the molecule is CCCS(=O)(=O)c1ccccc1C(=O)Nc1cccc(C(C)C)c1. The third-order valence-corrected chi connectivity index (χ3v) is 5.72. The molecule has 0 unspecified atom stereocenters. The molecular weight excluding hydrogens is 322 g/mol. The first-order valence-electron chi connectivity index (χ1n) is 8.08. The Morgan fingerprint density at radius 1 is 1.08 bits per heavy atom. The van der Waals surface area contributed by atoms with Crippen LogP contribution in [0.5, 0.6) is 0 Å². The number of benzene rings is 2. The van der Waals surface area contributed by atoms with Gasteiger partial charge in [-0.15, -0.1) is 0 Å². The first-order chi connectivity index (χ1) is 11.3. The van der Waals surface area contributed by atoms with Crippen LogP contribution in [0.1, 0.15) is 49.0 Å². The first kappa shape index (κ1) is 18.2. The van der Waals surface area contributed by atoms with E-state index in [0.29, 0.717) is 18.0 Å². The van der Waals surface area contributed by atoms with E-state index in [1.807, 2.05) is 18.2 Å². The number of nitrogens with one attached hydrogen (secondary N) is 1. The van der Waals surface area contributed by atoms with Crippen LogP contribution >= 0.6 is 0 Å². The molecule has 0 heterocycles. The summed E-state index contributed by atoms with van der Waals surface area (Å²) in [5.74, 6) is -0.0367. The molecular formula is C19H23NO3S. The van der Waals surface area contributed by atoms with Crippen molar-refractivity contribution in [1.82, 2.24) is 0 Å². The monoisotopic (exact) mass is 345 g/mol. The van der Waals surface area contributed by atoms with E-state index < -0.39 is 15.7 Å². The molecule has 0 fully saturated rings. The van der Waals surface area contributed by atoms with E-state index in [9.17, 15) is 13.2 Å². The highest BCUT2D eigenvalue weighted by atomic mass is 32.2. The summed E-state index contributed by atoms with van der Waals surface area (Å²) < 4.78 is 24.7. The lowest BCUT2D eigenvalue weighted by molar-refractivity contribution is 0.102. The summed E-state index contributed by atoms with van der Waals surface area (Å²) in [6, 6.07) is 13.9. The Labute approximate surface area is 143 Å². The van der Waals surface area contributed by atoms with Crippen molar-refractivity contribution in [3.63, 3.8) is 0 Å². The van der Waals surface area contributed by atoms with Gasteiger partial charge in [0.2, 0.25) is 0 Å². The number of rotatable bonds is 6. The van der Waals surface area contributed by atoms with E-state index in [2.05, 4.69) is 19.2 Å². The maximum absolute atomic E-state index is 12.6. The molecule has 0 saturated carbocycles. The number of amides is 1. The van der Waals surface area contributed by atoms with Crippen LogP contribution in [0.25, 0.3) is 0 Å². The number of anilines is 1. The number of hydrogen-bond acceptors (Lipinski definition) is 3. The molecule has 0 aliphatic carbocycles. The van der Waals surface area contributed by atoms with Gasteiger partial charge in [0.05, 0.1) is 16.2 Å². The Morgan fingerprint density at radius 3 is 2.46 bits per heavy atom. The Balaban J connectivity index is 2.33. The highest BCUT2D eigenvalue weighted by Gasteiger charge is 2.21. The quantitative estimate of drug-likeness (QED) is 0.851. The van der Waals surface area contributed by atoms with Crippen LogP contribution in [0.2, 0.25) is 0 Å². The minimum absolute atomic E-state index is 0.0279. The summed E-state index contributed by atoms with van der Waals surface area (Å²) >= 11 is 0. The van der Waals surface area contributed by atoms with Gasteiger partial charge < -0.3 is 5.32 Å². The first-order valence-corrected chi connectivity index (χ1v) is 9.73. The second-order valence-corrected chi connectivity index (χ2v) is 8.13. The van der Waals surface area contributed by atoms with Crippen molar-refractivity contribution in [3.8, 4) is 0 Å². The molecule has 1 amide bonds. The average Bonchev–Trinajstić information content (AvgIpc) is 2.55. The van der Waals surface area contributed by atoms with Gasteiger partial charge in [-0.25, -0.2) is 8.42 Å². The van der Waals surface area contributed by atoms with Crippen LogP contribution in [0.3, 0.4) is 0 Å². The summed E-state index contributed by atoms with van der Waals surface area (Å²) in [4.78, 5) is 12.7. The lowest BCUT2D eigenvalue weighted by Gasteiger charge is -2.12. The maximum Gasteiger partial charge on any atom is 0.256 e. The molecule has 4 nitrogen and oxygen atoms in total. The molecule has 2 aromatic rings. The second-order valence-electron chi connectivity index (χ2n) is 6.05. The third-order valence-electron chi connectivity index (χ3n) is 3.75. The zero-order valence-electron chi connectivity index (χ0n) is 14.2. The largest absolute Gasteiger partial charge is 0.322 e. The summed E-state index contributed by atoms with van der Waals surface area (Å²) in [5.41, 5.74) is 1.95. The highest BCUT2D eigenvalue weighted by molar-refractivity contribution is 7.91. The molecule has 0 saturated heterocycles. The topological polar surface area (TPSA) is 63.2 Å². The number of hydrogen-bond donors (Lipinski definition) is 1. The molecule has 2 rings (SSSR count). The summed E-state index contributed by atoms with van der Waals surface area (Å²) in [6.45, 7) is 5.96. The molecule has 0 atom stereocenters. The molecule has 24 heavy (non-hydrogen) atoms. The molecule has 0 bridgehead atoms. The molecule has 0 aliphatic heterocycles. The lowest BCUT2D eigenvalue weighted by Crippen LogP contribution is -2.17. The molecule has 0 radical (unpaired) electrons. The molecule has 0 spiro atoms. The average molecular weight is 345 g/mol. The van der Waals surface area contributed by atoms with Gasteiger partial charge in [-0.2, -0.15) is 0 Å². The Bertz CT molecular complexity index is 826. The Morgan fingerprint density at radius 2 is 1.79 bits per heavy atom. The van der Waals surface area contributed by atoms with Crippen LogP contribution in [0.15, 0.2) is 53.4 Å². The van der Waals surface area contributed by atoms with Crippen LogP contribution in [0.4, 0.5) is 5.69 Å². The van der Waals surface area contributed by atoms with Gasteiger partial charge in [0, 0.05) is 5.69 Å². The van der Waals surface area contributed by atoms with Gasteiger partial charge >= 0.3 is 0 Å². The molecule has 0 aliphatic rings. The van der Waals surface area contributed by atoms with E-state index in [-0.39, 0.29) is 16.2 Å². The highest BCUT2D eigenvalue weighted by Crippen LogP contribution is 2.22. The van der Waals surface area contributed by atoms with Gasteiger partial charge in [-0.3, -0.25) is 4.79 Å². The Kier molecular flexibility index (Phi) is 5.78. The molecule has 5 heteroatoms. The van der Waals surface area contributed by atoms with Gasteiger partial charge in [-0.1, -0.05) is 45.0 Å². The van der Waals surface area contributed by atoms with E-state index in [0.717, 1.165) is 5.56 Å². The van der Waals surface area contributed by atoms with Gasteiger partial charge in [-0.05, 0) is 42.2 Å². The number of carbonyl (C=O) groups is 1. The van der Waals surface area contributed by atoms with Crippen molar-refractivity contribution < 1.29 is 13.2 Å². The van der Waals surface area contributed by atoms with E-state index >= 15 is 0 Å². The summed E-state index contributed by atoms with van der Waals surface area (Å²) in [5, 5.41) is 2.80. The predicted octanol–water partition coefficient (Wildman–Crippen LogP) is 4.25. The Hall–Kier alpha value is -2.14. The van der Waals surface area contributed by atoms with Crippen LogP contribution < -0.4 is 5.32 Å². The fourth-order valence-electron chi connectivity index (χ4n) is 2.48. The fourth-order valence-corrected chi connectivity index (χ4v) is 4.02. The summed E-state index contributed by atoms with van der Waals surface area (Å²) in [7, 11) is -3.46. The van der Waals surface area contributed by atoms with Crippen molar-refractivity contribution >= 4 is 21.4 Å². The van der Waals surface area contributed by atoms with Gasteiger partial charge in [0.25, 0.3) is 5.91 Å². The standard InChI is InChI=1S/C19H23NO3S/c1-4-12-24(22,23)18-11-6-5-10-17(18)19(21)20-16-9-7-8-15(13-16)14(2)3/h5-11,13-14H,4,12H2,1-3H3,(H,20,21). The summed E-state index contributed by atoms with van der Waals surface area (Å²) in [6.07, 6.45) is 0.509. The molecule has 1 N–H and O–H groups in total. The van der Waals surface area contributed by atoms with Crippen molar-refractivity contribution in [1.29, 1.82) is 0 Å². The van der Waals surface area contributed by atoms with Crippen molar-refractivity contribution in [2.75, 3.05) is 11.1 Å². The molecule has 2 aromatic carbocycles. The minimum atomic E-state index is -3.46. The van der Waals surface area contributed by atoms with Crippen molar-refractivity contribution in [2.24, 2.45) is 0 Å². The fraction of sp³-hybridized carbons (Fsp3) is 0.316. The molecule has 128 valence electrons. The second kappa shape index (κ2) is 7.62. The minimum Gasteiger partial charge on any atom is -0.322 e. The van der Waals surface area contributed by atoms with Crippen LogP contribution in [-0.2, 0) is 9.84 Å². The maximum atomic E-state index is 12.6. The van der Waals surface area contributed by atoms with Crippen molar-refractivity contribution in [3.05, 3.63) is 59.7 Å². The van der Waals surface area contributed by atoms with Crippen LogP contribution in [0, 0.1) is 0 Å². The van der Waals surface area contributed by atoms with E-state index in [1.165, 1.54) is 6.07 Å². The van der Waals surface area contributed by atoms with Crippen molar-refractivity contribution in [2.45, 2.75) is 38.0 Å². The predicted molar refractivity (Wildman–Crippen MR) is 97.3 cm³/mol. The molecule has 0 aromatic heterocycles. The van der Waals surface area contributed by atoms with E-state index in [1.54, 1.807) is 31.2 Å². The number of carbonyl (C=O) groups excluding carboxylic acids is 1. The number of sulfone groups is 1.